The Morgan fingerprint density at radius 2 is 2.31 bits per heavy atom. The standard InChI is InChI=1S/C10H10FN3OS/c1-16-8-4-6(2-3-7(8)11)10-13-9(5-12)15-14-10/h2-4H,5,12H2,1H3. The molecule has 0 saturated carbocycles. The second-order valence-corrected chi connectivity index (χ2v) is 3.91. The Bertz CT molecular complexity index is 501. The summed E-state index contributed by atoms with van der Waals surface area (Å²) in [5.41, 5.74) is 6.08. The van der Waals surface area contributed by atoms with Gasteiger partial charge in [0.05, 0.1) is 6.54 Å². The summed E-state index contributed by atoms with van der Waals surface area (Å²) in [5, 5.41) is 3.76. The van der Waals surface area contributed by atoms with E-state index in [1.807, 2.05) is 6.26 Å². The average molecular weight is 239 g/mol. The van der Waals surface area contributed by atoms with E-state index in [4.69, 9.17) is 10.3 Å². The number of aromatic nitrogens is 2. The normalized spacial score (nSPS) is 10.7. The van der Waals surface area contributed by atoms with Gasteiger partial charge < -0.3 is 10.3 Å². The van der Waals surface area contributed by atoms with Crippen LogP contribution >= 0.6 is 11.8 Å². The molecule has 1 aromatic carbocycles. The van der Waals surface area contributed by atoms with E-state index in [0.717, 1.165) is 0 Å². The molecule has 0 amide bonds. The highest BCUT2D eigenvalue weighted by Gasteiger charge is 2.09. The Morgan fingerprint density at radius 1 is 1.50 bits per heavy atom. The van der Waals surface area contributed by atoms with Crippen LogP contribution in [-0.4, -0.2) is 16.4 Å². The molecule has 2 N–H and O–H groups in total. The highest BCUT2D eigenvalue weighted by atomic mass is 32.2. The Morgan fingerprint density at radius 3 is 2.94 bits per heavy atom. The van der Waals surface area contributed by atoms with Crippen molar-refractivity contribution in [2.45, 2.75) is 11.4 Å². The van der Waals surface area contributed by atoms with Crippen molar-refractivity contribution in [1.29, 1.82) is 0 Å². The summed E-state index contributed by atoms with van der Waals surface area (Å²) in [4.78, 5) is 4.62. The zero-order valence-corrected chi connectivity index (χ0v) is 9.42. The SMILES string of the molecule is CSc1cc(-c2noc(CN)n2)ccc1F. The number of benzene rings is 1. The van der Waals surface area contributed by atoms with E-state index >= 15 is 0 Å². The third-order valence-corrected chi connectivity index (χ3v) is 2.80. The first kappa shape index (κ1) is 11.1. The molecule has 0 aliphatic heterocycles. The van der Waals surface area contributed by atoms with Gasteiger partial charge in [-0.25, -0.2) is 4.39 Å². The molecule has 0 aliphatic rings. The van der Waals surface area contributed by atoms with E-state index in [2.05, 4.69) is 10.1 Å². The number of hydrogen-bond acceptors (Lipinski definition) is 5. The average Bonchev–Trinajstić information content (AvgIpc) is 2.78. The first-order chi connectivity index (χ1) is 7.74. The summed E-state index contributed by atoms with van der Waals surface area (Å²) in [6.45, 7) is 0.198. The highest BCUT2D eigenvalue weighted by Crippen LogP contribution is 2.25. The van der Waals surface area contributed by atoms with Crippen molar-refractivity contribution in [2.75, 3.05) is 6.26 Å². The van der Waals surface area contributed by atoms with E-state index in [1.54, 1.807) is 12.1 Å². The molecule has 84 valence electrons. The third-order valence-electron chi connectivity index (χ3n) is 2.05. The third kappa shape index (κ3) is 2.07. The van der Waals surface area contributed by atoms with Gasteiger partial charge in [-0.15, -0.1) is 11.8 Å². The lowest BCUT2D eigenvalue weighted by Crippen LogP contribution is -1.95. The van der Waals surface area contributed by atoms with Crippen LogP contribution in [-0.2, 0) is 6.54 Å². The van der Waals surface area contributed by atoms with Crippen LogP contribution in [0.3, 0.4) is 0 Å². The molecule has 1 aromatic heterocycles. The summed E-state index contributed by atoms with van der Waals surface area (Å²) in [6.07, 6.45) is 1.81. The van der Waals surface area contributed by atoms with Crippen molar-refractivity contribution < 1.29 is 8.91 Å². The van der Waals surface area contributed by atoms with Gasteiger partial charge in [0.2, 0.25) is 11.7 Å². The van der Waals surface area contributed by atoms with E-state index in [9.17, 15) is 4.39 Å². The molecule has 2 aromatic rings. The van der Waals surface area contributed by atoms with E-state index < -0.39 is 0 Å². The summed E-state index contributed by atoms with van der Waals surface area (Å²) in [7, 11) is 0. The number of nitrogens with two attached hydrogens (primary N) is 1. The zero-order valence-electron chi connectivity index (χ0n) is 8.61. The number of thioether (sulfide) groups is 1. The molecule has 2 rings (SSSR count). The smallest absolute Gasteiger partial charge is 0.240 e. The monoisotopic (exact) mass is 239 g/mol. The maximum Gasteiger partial charge on any atom is 0.240 e. The molecule has 0 bridgehead atoms. The minimum atomic E-state index is -0.251. The zero-order chi connectivity index (χ0) is 11.5. The lowest BCUT2D eigenvalue weighted by atomic mass is 10.2. The van der Waals surface area contributed by atoms with Crippen LogP contribution in [0.4, 0.5) is 4.39 Å². The van der Waals surface area contributed by atoms with Crippen LogP contribution in [0.2, 0.25) is 0 Å². The van der Waals surface area contributed by atoms with E-state index in [1.165, 1.54) is 17.8 Å². The van der Waals surface area contributed by atoms with Crippen molar-refractivity contribution in [2.24, 2.45) is 5.73 Å². The number of nitrogens with zero attached hydrogens (tertiary/aromatic N) is 2. The predicted molar refractivity (Wildman–Crippen MR) is 59.4 cm³/mol. The molecule has 1 heterocycles. The lowest BCUT2D eigenvalue weighted by Gasteiger charge is -2.00. The molecule has 6 heteroatoms. The number of hydrogen-bond donors (Lipinski definition) is 1. The van der Waals surface area contributed by atoms with Crippen LogP contribution < -0.4 is 5.73 Å². The molecule has 0 spiro atoms. The van der Waals surface area contributed by atoms with E-state index in [0.29, 0.717) is 22.2 Å². The van der Waals surface area contributed by atoms with Gasteiger partial charge in [-0.1, -0.05) is 5.16 Å². The quantitative estimate of drug-likeness (QED) is 0.830. The maximum absolute atomic E-state index is 13.3. The van der Waals surface area contributed by atoms with Gasteiger partial charge in [0.15, 0.2) is 0 Å². The van der Waals surface area contributed by atoms with Crippen LogP contribution in [0.5, 0.6) is 0 Å². The Balaban J connectivity index is 2.40. The molecular formula is C10H10FN3OS. The first-order valence-corrected chi connectivity index (χ1v) is 5.83. The fourth-order valence-corrected chi connectivity index (χ4v) is 1.76. The second kappa shape index (κ2) is 4.63. The van der Waals surface area contributed by atoms with Gasteiger partial charge in [-0.05, 0) is 24.5 Å². The largest absolute Gasteiger partial charge is 0.338 e. The van der Waals surface area contributed by atoms with Gasteiger partial charge in [-0.2, -0.15) is 4.98 Å². The van der Waals surface area contributed by atoms with Crippen molar-refractivity contribution in [3.63, 3.8) is 0 Å². The molecule has 0 unspecified atom stereocenters. The molecule has 0 atom stereocenters. The van der Waals surface area contributed by atoms with Crippen molar-refractivity contribution in [3.8, 4) is 11.4 Å². The molecule has 0 saturated heterocycles. The molecular weight excluding hydrogens is 229 g/mol. The van der Waals surface area contributed by atoms with Crippen LogP contribution in [0.25, 0.3) is 11.4 Å². The highest BCUT2D eigenvalue weighted by molar-refractivity contribution is 7.98. The van der Waals surface area contributed by atoms with Crippen LogP contribution in [0.15, 0.2) is 27.6 Å². The summed E-state index contributed by atoms with van der Waals surface area (Å²) >= 11 is 1.33. The Labute approximate surface area is 96.0 Å². The van der Waals surface area contributed by atoms with Gasteiger partial charge in [-0.3, -0.25) is 0 Å². The van der Waals surface area contributed by atoms with Crippen LogP contribution in [0.1, 0.15) is 5.89 Å². The Kier molecular flexibility index (Phi) is 3.21. The summed E-state index contributed by atoms with van der Waals surface area (Å²) < 4.78 is 18.1. The van der Waals surface area contributed by atoms with Gasteiger partial charge in [0, 0.05) is 10.5 Å². The minimum absolute atomic E-state index is 0.198. The second-order valence-electron chi connectivity index (χ2n) is 3.07. The lowest BCUT2D eigenvalue weighted by molar-refractivity contribution is 0.380. The Hall–Kier alpha value is -1.40. The topological polar surface area (TPSA) is 64.9 Å². The fraction of sp³-hybridized carbons (Fsp3) is 0.200. The van der Waals surface area contributed by atoms with Crippen molar-refractivity contribution in [1.82, 2.24) is 10.1 Å². The minimum Gasteiger partial charge on any atom is -0.338 e. The summed E-state index contributed by atoms with van der Waals surface area (Å²) in [6, 6.07) is 4.69. The number of rotatable bonds is 3. The summed E-state index contributed by atoms with van der Waals surface area (Å²) in [5.74, 6) is 0.541. The predicted octanol–water partition coefficient (Wildman–Crippen LogP) is 2.06. The molecule has 0 radical (unpaired) electrons. The van der Waals surface area contributed by atoms with E-state index in [-0.39, 0.29) is 12.4 Å². The number of halogens is 1. The molecule has 4 nitrogen and oxygen atoms in total. The molecule has 16 heavy (non-hydrogen) atoms. The van der Waals surface area contributed by atoms with Crippen molar-refractivity contribution >= 4 is 11.8 Å². The molecule has 0 fully saturated rings. The van der Waals surface area contributed by atoms with Crippen LogP contribution in [0, 0.1) is 5.82 Å². The first-order valence-electron chi connectivity index (χ1n) is 4.61. The fourth-order valence-electron chi connectivity index (χ4n) is 1.25. The van der Waals surface area contributed by atoms with Gasteiger partial charge >= 0.3 is 0 Å². The maximum atomic E-state index is 13.3. The van der Waals surface area contributed by atoms with Gasteiger partial charge in [0.1, 0.15) is 5.82 Å². The molecule has 0 aliphatic carbocycles. The van der Waals surface area contributed by atoms with Crippen molar-refractivity contribution in [3.05, 3.63) is 29.9 Å². The van der Waals surface area contributed by atoms with Gasteiger partial charge in [0.25, 0.3) is 0 Å².